The first-order valence-corrected chi connectivity index (χ1v) is 6.28. The van der Waals surface area contributed by atoms with Crippen LogP contribution in [0.3, 0.4) is 0 Å². The molecule has 0 fully saturated rings. The lowest BCUT2D eigenvalue weighted by Crippen LogP contribution is -3.00. The van der Waals surface area contributed by atoms with E-state index in [1.54, 1.807) is 19.1 Å². The van der Waals surface area contributed by atoms with E-state index in [0.29, 0.717) is 28.5 Å². The number of fused-ring (bicyclic) bond motifs is 1. The molecule has 4 nitrogen and oxygen atoms in total. The minimum atomic E-state index is -0.498. The molecule has 3 rings (SSSR count). The van der Waals surface area contributed by atoms with Crippen molar-refractivity contribution in [2.24, 2.45) is 0 Å². The van der Waals surface area contributed by atoms with Crippen LogP contribution in [0.5, 0.6) is 11.5 Å². The van der Waals surface area contributed by atoms with E-state index in [-0.39, 0.29) is 23.9 Å². The maximum absolute atomic E-state index is 10.2. The van der Waals surface area contributed by atoms with Crippen molar-refractivity contribution in [3.63, 3.8) is 0 Å². The molecule has 1 aromatic heterocycles. The van der Waals surface area contributed by atoms with E-state index < -0.39 is 6.10 Å². The topological polar surface area (TPSA) is 63.8 Å². The third-order valence-electron chi connectivity index (χ3n) is 3.36. The van der Waals surface area contributed by atoms with E-state index >= 15 is 0 Å². The largest absolute Gasteiger partial charge is 1.00 e. The number of rotatable bonds is 1. The van der Waals surface area contributed by atoms with Crippen molar-refractivity contribution in [3.8, 4) is 11.5 Å². The number of phenolic OH excluding ortho intramolecular Hbond substituents is 1. The predicted octanol–water partition coefficient (Wildman–Crippen LogP) is -0.503. The highest BCUT2D eigenvalue weighted by Crippen LogP contribution is 2.44. The first kappa shape index (κ1) is 14.9. The zero-order chi connectivity index (χ0) is 13.6. The van der Waals surface area contributed by atoms with Gasteiger partial charge < -0.3 is 27.4 Å². The Morgan fingerprint density at radius 2 is 2.10 bits per heavy atom. The highest BCUT2D eigenvalue weighted by Gasteiger charge is 2.33. The Hall–Kier alpha value is -1.49. The Morgan fingerprint density at radius 1 is 1.35 bits per heavy atom. The van der Waals surface area contributed by atoms with Crippen LogP contribution in [-0.2, 0) is 11.3 Å². The Balaban J connectivity index is 0.00000147. The van der Waals surface area contributed by atoms with Crippen molar-refractivity contribution in [2.45, 2.75) is 19.6 Å². The van der Waals surface area contributed by atoms with Gasteiger partial charge in [-0.15, -0.1) is 0 Å². The Labute approximate surface area is 127 Å². The van der Waals surface area contributed by atoms with Gasteiger partial charge in [-0.1, -0.05) is 11.6 Å². The highest BCUT2D eigenvalue weighted by atomic mass is 35.5. The van der Waals surface area contributed by atoms with Crippen LogP contribution < -0.4 is 17.4 Å². The van der Waals surface area contributed by atoms with Crippen LogP contribution in [0, 0.1) is 6.92 Å². The van der Waals surface area contributed by atoms with Gasteiger partial charge in [0.15, 0.2) is 11.9 Å². The van der Waals surface area contributed by atoms with Gasteiger partial charge in [0.25, 0.3) is 0 Å². The molecule has 0 amide bonds. The van der Waals surface area contributed by atoms with Gasteiger partial charge in [-0.25, -0.2) is 4.98 Å². The Kier molecular flexibility index (Phi) is 4.09. The zero-order valence-corrected chi connectivity index (χ0v) is 12.2. The van der Waals surface area contributed by atoms with Crippen LogP contribution in [-0.4, -0.2) is 10.2 Å². The van der Waals surface area contributed by atoms with Gasteiger partial charge in [-0.3, -0.25) is 0 Å². The summed E-state index contributed by atoms with van der Waals surface area (Å²) >= 11 is 5.96. The van der Waals surface area contributed by atoms with Gasteiger partial charge in [0.2, 0.25) is 5.69 Å². The van der Waals surface area contributed by atoms with Crippen molar-refractivity contribution in [1.29, 1.82) is 0 Å². The number of halogens is 2. The second kappa shape index (κ2) is 5.48. The van der Waals surface area contributed by atoms with E-state index in [2.05, 4.69) is 4.98 Å². The number of aromatic hydroxyl groups is 2. The van der Waals surface area contributed by atoms with Gasteiger partial charge in [0.1, 0.15) is 11.9 Å². The van der Waals surface area contributed by atoms with Crippen molar-refractivity contribution in [1.82, 2.24) is 0 Å². The molecule has 106 valence electrons. The second-order valence-corrected chi connectivity index (χ2v) is 5.03. The third kappa shape index (κ3) is 2.30. The first-order chi connectivity index (χ1) is 9.08. The lowest BCUT2D eigenvalue weighted by Gasteiger charge is -2.14. The molecule has 0 saturated heterocycles. The van der Waals surface area contributed by atoms with Crippen LogP contribution in [0.2, 0.25) is 5.02 Å². The summed E-state index contributed by atoms with van der Waals surface area (Å²) in [5.41, 5.74) is 2.80. The lowest BCUT2D eigenvalue weighted by molar-refractivity contribution is -0.389. The Bertz CT molecular complexity index is 661. The lowest BCUT2D eigenvalue weighted by atomic mass is 9.98. The molecule has 1 aliphatic rings. The van der Waals surface area contributed by atoms with Crippen LogP contribution in [0.25, 0.3) is 0 Å². The fourth-order valence-electron chi connectivity index (χ4n) is 2.34. The minimum absolute atomic E-state index is 0. The van der Waals surface area contributed by atoms with E-state index in [4.69, 9.17) is 16.3 Å². The zero-order valence-electron chi connectivity index (χ0n) is 10.7. The van der Waals surface area contributed by atoms with Gasteiger partial charge in [0, 0.05) is 23.1 Å². The summed E-state index contributed by atoms with van der Waals surface area (Å²) in [5.74, 6) is 0.270. The maximum Gasteiger partial charge on any atom is 0.219 e. The van der Waals surface area contributed by atoms with Gasteiger partial charge in [-0.2, -0.15) is 0 Å². The number of pyridine rings is 1. The average molecular weight is 314 g/mol. The number of hydrogen-bond acceptors (Lipinski definition) is 3. The predicted molar refractivity (Wildman–Crippen MR) is 69.1 cm³/mol. The van der Waals surface area contributed by atoms with Crippen LogP contribution in [0.1, 0.15) is 28.5 Å². The van der Waals surface area contributed by atoms with E-state index in [1.807, 2.05) is 6.20 Å². The number of H-pyrrole nitrogens is 1. The number of aryl methyl sites for hydroxylation is 1. The van der Waals surface area contributed by atoms with E-state index in [9.17, 15) is 10.2 Å². The molecule has 2 aromatic rings. The summed E-state index contributed by atoms with van der Waals surface area (Å²) < 4.78 is 5.68. The van der Waals surface area contributed by atoms with Crippen LogP contribution in [0.15, 0.2) is 24.4 Å². The summed E-state index contributed by atoms with van der Waals surface area (Å²) in [7, 11) is 0. The number of ether oxygens (including phenoxy) is 1. The standard InChI is InChI=1S/C14H12ClNO3.ClH/c1-7-13(18)12-8(5-16-7)6-19-14(12)10-4-9(15)2-3-11(10)17;/h2-5,14,17-18H,6H2,1H3;1H. The molecule has 1 unspecified atom stereocenters. The van der Waals surface area contributed by atoms with Gasteiger partial charge in [0.05, 0.1) is 12.2 Å². The number of nitrogens with one attached hydrogen (secondary N) is 1. The molecule has 0 radical (unpaired) electrons. The van der Waals surface area contributed by atoms with Gasteiger partial charge in [-0.05, 0) is 18.2 Å². The number of benzene rings is 1. The molecule has 0 saturated carbocycles. The molecule has 3 N–H and O–H groups in total. The number of aromatic nitrogens is 1. The molecule has 1 aromatic carbocycles. The quantitative estimate of drug-likeness (QED) is 0.746. The fourth-order valence-corrected chi connectivity index (χ4v) is 2.53. The summed E-state index contributed by atoms with van der Waals surface area (Å²) in [4.78, 5) is 2.98. The number of aromatic amines is 1. The van der Waals surface area contributed by atoms with Crippen molar-refractivity contribution in [2.75, 3.05) is 0 Å². The molecule has 0 bridgehead atoms. The number of hydrogen-bond donors (Lipinski definition) is 2. The SMILES string of the molecule is Cc1[nH+]cc2c(c1O)C(c1cc(Cl)ccc1O)OC2.[Cl-]. The molecule has 1 atom stereocenters. The summed E-state index contributed by atoms with van der Waals surface area (Å²) in [5, 5.41) is 20.7. The summed E-state index contributed by atoms with van der Waals surface area (Å²) in [6, 6.07) is 4.79. The highest BCUT2D eigenvalue weighted by molar-refractivity contribution is 6.30. The third-order valence-corrected chi connectivity index (χ3v) is 3.59. The normalized spacial score (nSPS) is 16.6. The summed E-state index contributed by atoms with van der Waals surface area (Å²) in [6.45, 7) is 2.17. The van der Waals surface area contributed by atoms with E-state index in [1.165, 1.54) is 6.07 Å². The van der Waals surface area contributed by atoms with Crippen LogP contribution in [0.4, 0.5) is 0 Å². The molecule has 2 heterocycles. The molecule has 1 aliphatic heterocycles. The monoisotopic (exact) mass is 313 g/mol. The molecular formula is C14H13Cl2NO3. The smallest absolute Gasteiger partial charge is 0.219 e. The van der Waals surface area contributed by atoms with Crippen molar-refractivity contribution in [3.05, 3.63) is 51.8 Å². The Morgan fingerprint density at radius 3 is 2.85 bits per heavy atom. The van der Waals surface area contributed by atoms with Gasteiger partial charge >= 0.3 is 0 Å². The minimum Gasteiger partial charge on any atom is -1.00 e. The van der Waals surface area contributed by atoms with Crippen molar-refractivity contribution >= 4 is 11.6 Å². The molecule has 0 aliphatic carbocycles. The van der Waals surface area contributed by atoms with Crippen molar-refractivity contribution < 1.29 is 32.3 Å². The number of phenols is 1. The maximum atomic E-state index is 10.2. The molecule has 0 spiro atoms. The first-order valence-electron chi connectivity index (χ1n) is 5.91. The second-order valence-electron chi connectivity index (χ2n) is 4.60. The van der Waals surface area contributed by atoms with Crippen LogP contribution >= 0.6 is 11.6 Å². The fraction of sp³-hybridized carbons (Fsp3) is 0.214. The average Bonchev–Trinajstić information content (AvgIpc) is 2.81. The molecule has 6 heteroatoms. The molecule has 20 heavy (non-hydrogen) atoms. The van der Waals surface area contributed by atoms with E-state index in [0.717, 1.165) is 5.56 Å². The summed E-state index contributed by atoms with van der Waals surface area (Å²) in [6.07, 6.45) is 1.31. The molecular weight excluding hydrogens is 301 g/mol.